The van der Waals surface area contributed by atoms with Gasteiger partial charge < -0.3 is 16.4 Å². The van der Waals surface area contributed by atoms with E-state index in [0.29, 0.717) is 36.8 Å². The molecule has 0 saturated heterocycles. The summed E-state index contributed by atoms with van der Waals surface area (Å²) in [5.74, 6) is 1.01. The lowest BCUT2D eigenvalue weighted by Crippen LogP contribution is -2.25. The Bertz CT molecular complexity index is 605. The molecule has 2 heterocycles. The van der Waals surface area contributed by atoms with Crippen molar-refractivity contribution < 1.29 is 0 Å². The summed E-state index contributed by atoms with van der Waals surface area (Å²) in [4.78, 5) is 10.3. The predicted octanol–water partition coefficient (Wildman–Crippen LogP) is 1.56. The van der Waals surface area contributed by atoms with Crippen LogP contribution < -0.4 is 16.4 Å². The van der Waals surface area contributed by atoms with Gasteiger partial charge in [-0.3, -0.25) is 4.98 Å². The predicted molar refractivity (Wildman–Crippen MR) is 78.6 cm³/mol. The van der Waals surface area contributed by atoms with Crippen LogP contribution in [0.3, 0.4) is 0 Å². The van der Waals surface area contributed by atoms with E-state index in [1.165, 1.54) is 0 Å². The third-order valence-corrected chi connectivity index (χ3v) is 2.86. The Morgan fingerprint density at radius 1 is 1.25 bits per heavy atom. The summed E-state index contributed by atoms with van der Waals surface area (Å²) in [7, 11) is 0. The van der Waals surface area contributed by atoms with Gasteiger partial charge in [-0.05, 0) is 23.8 Å². The lowest BCUT2D eigenvalue weighted by molar-refractivity contribution is 0.781. The monoisotopic (exact) mass is 268 g/mol. The number of nitrogens with zero attached hydrogens (tertiary/aromatic N) is 4. The molecule has 102 valence electrons. The summed E-state index contributed by atoms with van der Waals surface area (Å²) in [6, 6.07) is 9.52. The molecule has 2 aromatic heterocycles. The van der Waals surface area contributed by atoms with Gasteiger partial charge in [0.2, 0.25) is 0 Å². The molecule has 0 radical (unpaired) electrons. The molecule has 2 aromatic rings. The standard InChI is InChI=1S/C14H16N6/c15-6-2-8-20(10-11-3-1-7-18-9-11)13-5-4-12(16)14(17)19-13/h1,3-5,7,9H,2,8,10,16H2,(H2,17,19). The maximum absolute atomic E-state index is 8.77. The molecule has 0 aliphatic carbocycles. The van der Waals surface area contributed by atoms with Crippen molar-refractivity contribution in [2.75, 3.05) is 22.9 Å². The van der Waals surface area contributed by atoms with Crippen molar-refractivity contribution >= 4 is 17.3 Å². The first-order chi connectivity index (χ1) is 9.70. The highest BCUT2D eigenvalue weighted by Gasteiger charge is 2.10. The van der Waals surface area contributed by atoms with E-state index >= 15 is 0 Å². The molecule has 0 amide bonds. The van der Waals surface area contributed by atoms with Gasteiger partial charge in [0.1, 0.15) is 11.6 Å². The van der Waals surface area contributed by atoms with Crippen molar-refractivity contribution in [3.8, 4) is 6.07 Å². The van der Waals surface area contributed by atoms with E-state index in [4.69, 9.17) is 16.7 Å². The highest BCUT2D eigenvalue weighted by molar-refractivity contribution is 5.62. The number of rotatable bonds is 5. The highest BCUT2D eigenvalue weighted by atomic mass is 15.2. The number of anilines is 3. The van der Waals surface area contributed by atoms with Crippen LogP contribution in [0.1, 0.15) is 12.0 Å². The summed E-state index contributed by atoms with van der Waals surface area (Å²) in [6.45, 7) is 1.19. The van der Waals surface area contributed by atoms with Crippen LogP contribution in [0.15, 0.2) is 36.7 Å². The number of pyridine rings is 2. The molecule has 6 nitrogen and oxygen atoms in total. The Balaban J connectivity index is 2.22. The van der Waals surface area contributed by atoms with Crippen molar-refractivity contribution in [1.82, 2.24) is 9.97 Å². The molecule has 0 fully saturated rings. The number of nitrogens with two attached hydrogens (primary N) is 2. The second-order valence-electron chi connectivity index (χ2n) is 4.33. The first kappa shape index (κ1) is 13.6. The number of aromatic nitrogens is 2. The summed E-state index contributed by atoms with van der Waals surface area (Å²) in [5, 5.41) is 8.77. The quantitative estimate of drug-likeness (QED) is 0.852. The molecule has 4 N–H and O–H groups in total. The van der Waals surface area contributed by atoms with Gasteiger partial charge in [-0.25, -0.2) is 4.98 Å². The topological polar surface area (TPSA) is 105 Å². The third kappa shape index (κ3) is 3.36. The van der Waals surface area contributed by atoms with Gasteiger partial charge in [0.25, 0.3) is 0 Å². The van der Waals surface area contributed by atoms with Crippen molar-refractivity contribution in [3.05, 3.63) is 42.2 Å². The molecule has 20 heavy (non-hydrogen) atoms. The molecule has 6 heteroatoms. The van der Waals surface area contributed by atoms with Crippen molar-refractivity contribution in [1.29, 1.82) is 5.26 Å². The summed E-state index contributed by atoms with van der Waals surface area (Å²) in [5.41, 5.74) is 12.9. The van der Waals surface area contributed by atoms with Crippen molar-refractivity contribution in [3.63, 3.8) is 0 Å². The van der Waals surface area contributed by atoms with Gasteiger partial charge in [0.05, 0.1) is 18.2 Å². The van der Waals surface area contributed by atoms with Gasteiger partial charge >= 0.3 is 0 Å². The fourth-order valence-corrected chi connectivity index (χ4v) is 1.82. The molecule has 0 saturated carbocycles. The Morgan fingerprint density at radius 3 is 2.75 bits per heavy atom. The van der Waals surface area contributed by atoms with E-state index in [2.05, 4.69) is 16.0 Å². The van der Waals surface area contributed by atoms with Crippen molar-refractivity contribution in [2.24, 2.45) is 0 Å². The number of nitrogen functional groups attached to an aromatic ring is 2. The zero-order valence-electron chi connectivity index (χ0n) is 11.0. The van der Waals surface area contributed by atoms with Crippen molar-refractivity contribution in [2.45, 2.75) is 13.0 Å². The fraction of sp³-hybridized carbons (Fsp3) is 0.214. The minimum Gasteiger partial charge on any atom is -0.396 e. The molecule has 0 bridgehead atoms. The maximum atomic E-state index is 8.77. The third-order valence-electron chi connectivity index (χ3n) is 2.86. The molecular weight excluding hydrogens is 252 g/mol. The van der Waals surface area contributed by atoms with Crippen LogP contribution in [0.2, 0.25) is 0 Å². The molecule has 0 atom stereocenters. The molecular formula is C14H16N6. The first-order valence-corrected chi connectivity index (χ1v) is 6.23. The van der Waals surface area contributed by atoms with Crippen LogP contribution in [-0.4, -0.2) is 16.5 Å². The number of hydrogen-bond acceptors (Lipinski definition) is 6. The molecule has 0 aromatic carbocycles. The Labute approximate surface area is 117 Å². The van der Waals surface area contributed by atoms with Crippen LogP contribution in [0.5, 0.6) is 0 Å². The Morgan fingerprint density at radius 2 is 2.10 bits per heavy atom. The molecule has 0 spiro atoms. The van der Waals surface area contributed by atoms with E-state index in [9.17, 15) is 0 Å². The zero-order chi connectivity index (χ0) is 14.4. The smallest absolute Gasteiger partial charge is 0.149 e. The Hall–Kier alpha value is -2.81. The van der Waals surface area contributed by atoms with E-state index < -0.39 is 0 Å². The first-order valence-electron chi connectivity index (χ1n) is 6.23. The second kappa shape index (κ2) is 6.38. The van der Waals surface area contributed by atoms with Crippen LogP contribution in [0.25, 0.3) is 0 Å². The van der Waals surface area contributed by atoms with Gasteiger partial charge in [0.15, 0.2) is 0 Å². The second-order valence-corrected chi connectivity index (χ2v) is 4.33. The largest absolute Gasteiger partial charge is 0.396 e. The lowest BCUT2D eigenvalue weighted by atomic mass is 10.2. The van der Waals surface area contributed by atoms with E-state index in [-0.39, 0.29) is 0 Å². The van der Waals surface area contributed by atoms with Crippen LogP contribution >= 0.6 is 0 Å². The maximum Gasteiger partial charge on any atom is 0.149 e. The van der Waals surface area contributed by atoms with E-state index in [1.54, 1.807) is 24.5 Å². The number of nitriles is 1. The summed E-state index contributed by atoms with van der Waals surface area (Å²) in [6.07, 6.45) is 3.93. The molecule has 0 aliphatic rings. The summed E-state index contributed by atoms with van der Waals surface area (Å²) >= 11 is 0. The van der Waals surface area contributed by atoms with E-state index in [1.807, 2.05) is 17.0 Å². The molecule has 0 aliphatic heterocycles. The van der Waals surface area contributed by atoms with Gasteiger partial charge in [-0.15, -0.1) is 0 Å². The minimum absolute atomic E-state index is 0.302. The normalized spacial score (nSPS) is 9.95. The minimum atomic E-state index is 0.302. The zero-order valence-corrected chi connectivity index (χ0v) is 11.0. The van der Waals surface area contributed by atoms with Crippen LogP contribution in [0.4, 0.5) is 17.3 Å². The average molecular weight is 268 g/mol. The van der Waals surface area contributed by atoms with Gasteiger partial charge in [-0.1, -0.05) is 6.07 Å². The van der Waals surface area contributed by atoms with Crippen LogP contribution in [-0.2, 0) is 6.54 Å². The Kier molecular flexibility index (Phi) is 4.35. The van der Waals surface area contributed by atoms with Gasteiger partial charge in [0, 0.05) is 25.5 Å². The highest BCUT2D eigenvalue weighted by Crippen LogP contribution is 2.20. The SMILES string of the molecule is N#CCCN(Cc1cccnc1)c1ccc(N)c(N)n1. The van der Waals surface area contributed by atoms with Gasteiger partial charge in [-0.2, -0.15) is 5.26 Å². The summed E-state index contributed by atoms with van der Waals surface area (Å²) < 4.78 is 0. The fourth-order valence-electron chi connectivity index (χ4n) is 1.82. The average Bonchev–Trinajstić information content (AvgIpc) is 2.47. The molecule has 2 rings (SSSR count). The molecule has 0 unspecified atom stereocenters. The van der Waals surface area contributed by atoms with E-state index in [0.717, 1.165) is 5.56 Å². The number of hydrogen-bond donors (Lipinski definition) is 2. The lowest BCUT2D eigenvalue weighted by Gasteiger charge is -2.23. The van der Waals surface area contributed by atoms with Crippen LogP contribution in [0, 0.1) is 11.3 Å².